The Kier molecular flexibility index (Phi) is 4.97. The average molecular weight is 329 g/mol. The van der Waals surface area contributed by atoms with Gasteiger partial charge in [0.1, 0.15) is 4.99 Å². The van der Waals surface area contributed by atoms with Gasteiger partial charge in [-0.2, -0.15) is 0 Å². The van der Waals surface area contributed by atoms with E-state index in [-0.39, 0.29) is 0 Å². The molecule has 0 amide bonds. The molecule has 98 valence electrons. The fourth-order valence-electron chi connectivity index (χ4n) is 1.60. The zero-order valence-corrected chi connectivity index (χ0v) is 12.5. The Labute approximate surface area is 121 Å². The largest absolute Gasteiger partial charge is 0.389 e. The van der Waals surface area contributed by atoms with E-state index in [2.05, 4.69) is 21.2 Å². The summed E-state index contributed by atoms with van der Waals surface area (Å²) in [5.74, 6) is 0.821. The quantitative estimate of drug-likeness (QED) is 0.596. The summed E-state index contributed by atoms with van der Waals surface area (Å²) in [7, 11) is 0. The van der Waals surface area contributed by atoms with Crippen molar-refractivity contribution in [1.82, 2.24) is 0 Å². The van der Waals surface area contributed by atoms with Gasteiger partial charge in [-0.3, -0.25) is 0 Å². The van der Waals surface area contributed by atoms with Crippen LogP contribution in [0.3, 0.4) is 0 Å². The lowest BCUT2D eigenvalue weighted by Gasteiger charge is -2.10. The van der Waals surface area contributed by atoms with Gasteiger partial charge in [0.15, 0.2) is 0 Å². The number of hydrogen-bond acceptors (Lipinski definition) is 3. The molecule has 3 N–H and O–H groups in total. The molecule has 0 aromatic heterocycles. The Morgan fingerprint density at radius 1 is 1.50 bits per heavy atom. The molecule has 1 fully saturated rings. The van der Waals surface area contributed by atoms with E-state index in [4.69, 9.17) is 22.7 Å². The molecule has 5 heteroatoms. The van der Waals surface area contributed by atoms with Crippen molar-refractivity contribution in [3.63, 3.8) is 0 Å². The molecule has 0 heterocycles. The molecule has 18 heavy (non-hydrogen) atoms. The zero-order chi connectivity index (χ0) is 13.0. The second-order valence-corrected chi connectivity index (χ2v) is 5.80. The summed E-state index contributed by atoms with van der Waals surface area (Å²) in [5, 5.41) is 3.32. The highest BCUT2D eigenvalue weighted by Gasteiger charge is 2.20. The van der Waals surface area contributed by atoms with E-state index in [1.165, 1.54) is 12.8 Å². The molecule has 0 aliphatic heterocycles. The maximum absolute atomic E-state index is 5.58. The van der Waals surface area contributed by atoms with E-state index in [9.17, 15) is 0 Å². The summed E-state index contributed by atoms with van der Waals surface area (Å²) < 4.78 is 6.53. The van der Waals surface area contributed by atoms with Crippen LogP contribution in [0.2, 0.25) is 0 Å². The zero-order valence-electron chi connectivity index (χ0n) is 10.1. The van der Waals surface area contributed by atoms with E-state index in [0.29, 0.717) is 4.99 Å². The van der Waals surface area contributed by atoms with Crippen molar-refractivity contribution in [2.24, 2.45) is 11.7 Å². The van der Waals surface area contributed by atoms with Crippen molar-refractivity contribution in [1.29, 1.82) is 0 Å². The Morgan fingerprint density at radius 2 is 2.28 bits per heavy atom. The van der Waals surface area contributed by atoms with Crippen LogP contribution in [0.15, 0.2) is 22.7 Å². The van der Waals surface area contributed by atoms with Gasteiger partial charge in [-0.15, -0.1) is 0 Å². The molecular weight excluding hydrogens is 312 g/mol. The number of nitrogens with two attached hydrogens (primary N) is 1. The fourth-order valence-corrected chi connectivity index (χ4v) is 2.25. The van der Waals surface area contributed by atoms with Gasteiger partial charge in [-0.25, -0.2) is 0 Å². The number of anilines is 1. The first kappa shape index (κ1) is 13.8. The maximum atomic E-state index is 5.58. The number of halogens is 1. The number of thiocarbonyl (C=S) groups is 1. The Bertz CT molecular complexity index is 435. The third kappa shape index (κ3) is 4.23. The lowest BCUT2D eigenvalue weighted by molar-refractivity contribution is 0.134. The van der Waals surface area contributed by atoms with Crippen LogP contribution in [0.1, 0.15) is 18.4 Å². The van der Waals surface area contributed by atoms with E-state index in [1.807, 2.05) is 18.2 Å². The van der Waals surface area contributed by atoms with Crippen LogP contribution in [-0.4, -0.2) is 24.7 Å². The van der Waals surface area contributed by atoms with Crippen molar-refractivity contribution in [2.75, 3.05) is 25.1 Å². The van der Waals surface area contributed by atoms with Crippen molar-refractivity contribution in [3.8, 4) is 0 Å². The first-order chi connectivity index (χ1) is 8.66. The van der Waals surface area contributed by atoms with E-state index >= 15 is 0 Å². The predicted molar refractivity (Wildman–Crippen MR) is 82.1 cm³/mol. The van der Waals surface area contributed by atoms with Crippen LogP contribution < -0.4 is 11.1 Å². The monoisotopic (exact) mass is 328 g/mol. The molecule has 3 nitrogen and oxygen atoms in total. The normalized spacial score (nSPS) is 14.5. The second kappa shape index (κ2) is 6.50. The standard InChI is InChI=1S/C13H17BrN2OS/c14-11-7-10(13(15)18)3-4-12(11)16-5-6-17-8-9-1-2-9/h3-4,7,9,16H,1-2,5-6,8H2,(H2,15,18). The summed E-state index contributed by atoms with van der Waals surface area (Å²) in [6, 6.07) is 5.82. The van der Waals surface area contributed by atoms with Crippen LogP contribution in [0.5, 0.6) is 0 Å². The van der Waals surface area contributed by atoms with Crippen molar-refractivity contribution >= 4 is 38.8 Å². The number of nitrogens with one attached hydrogen (secondary N) is 1. The highest BCUT2D eigenvalue weighted by atomic mass is 79.9. The summed E-state index contributed by atoms with van der Waals surface area (Å²) in [4.78, 5) is 0.412. The van der Waals surface area contributed by atoms with Gasteiger partial charge in [0.05, 0.1) is 6.61 Å². The molecule has 1 saturated carbocycles. The van der Waals surface area contributed by atoms with E-state index in [0.717, 1.165) is 41.4 Å². The van der Waals surface area contributed by atoms with Gasteiger partial charge in [0.2, 0.25) is 0 Å². The molecule has 1 aliphatic rings. The molecule has 1 aliphatic carbocycles. The van der Waals surface area contributed by atoms with Gasteiger partial charge < -0.3 is 15.8 Å². The molecule has 0 unspecified atom stereocenters. The Balaban J connectivity index is 1.75. The third-order valence-corrected chi connectivity index (χ3v) is 3.76. The minimum absolute atomic E-state index is 0.412. The molecule has 2 rings (SSSR count). The first-order valence-corrected chi connectivity index (χ1v) is 7.28. The summed E-state index contributed by atoms with van der Waals surface area (Å²) in [6.45, 7) is 2.45. The molecular formula is C13H17BrN2OS. The van der Waals surface area contributed by atoms with Crippen LogP contribution in [0.25, 0.3) is 0 Å². The lowest BCUT2D eigenvalue weighted by atomic mass is 10.2. The molecule has 0 atom stereocenters. The highest BCUT2D eigenvalue weighted by molar-refractivity contribution is 9.10. The van der Waals surface area contributed by atoms with Crippen molar-refractivity contribution < 1.29 is 4.74 Å². The fraction of sp³-hybridized carbons (Fsp3) is 0.462. The smallest absolute Gasteiger partial charge is 0.104 e. The summed E-state index contributed by atoms with van der Waals surface area (Å²) in [5.41, 5.74) is 7.48. The first-order valence-electron chi connectivity index (χ1n) is 6.08. The second-order valence-electron chi connectivity index (χ2n) is 4.50. The van der Waals surface area contributed by atoms with Gasteiger partial charge in [-0.1, -0.05) is 12.2 Å². The molecule has 1 aromatic carbocycles. The highest BCUT2D eigenvalue weighted by Crippen LogP contribution is 2.28. The van der Waals surface area contributed by atoms with E-state index in [1.54, 1.807) is 0 Å². The van der Waals surface area contributed by atoms with Crippen LogP contribution in [0.4, 0.5) is 5.69 Å². The van der Waals surface area contributed by atoms with Crippen molar-refractivity contribution in [3.05, 3.63) is 28.2 Å². The summed E-state index contributed by atoms with van der Waals surface area (Å²) in [6.07, 6.45) is 2.67. The van der Waals surface area contributed by atoms with Gasteiger partial charge in [0, 0.05) is 28.9 Å². The average Bonchev–Trinajstić information content (AvgIpc) is 3.14. The molecule has 0 bridgehead atoms. The minimum atomic E-state index is 0.412. The topological polar surface area (TPSA) is 47.3 Å². The number of ether oxygens (including phenoxy) is 1. The van der Waals surface area contributed by atoms with Crippen LogP contribution in [-0.2, 0) is 4.74 Å². The van der Waals surface area contributed by atoms with Crippen LogP contribution in [0, 0.1) is 5.92 Å². The van der Waals surface area contributed by atoms with Gasteiger partial charge in [0.25, 0.3) is 0 Å². The SMILES string of the molecule is NC(=S)c1ccc(NCCOCC2CC2)c(Br)c1. The Morgan fingerprint density at radius 3 is 2.89 bits per heavy atom. The third-order valence-electron chi connectivity index (χ3n) is 2.87. The number of benzene rings is 1. The lowest BCUT2D eigenvalue weighted by Crippen LogP contribution is -2.12. The Hall–Kier alpha value is -0.650. The number of hydrogen-bond donors (Lipinski definition) is 2. The van der Waals surface area contributed by atoms with Crippen molar-refractivity contribution in [2.45, 2.75) is 12.8 Å². The molecule has 0 radical (unpaired) electrons. The van der Waals surface area contributed by atoms with E-state index < -0.39 is 0 Å². The molecule has 0 spiro atoms. The van der Waals surface area contributed by atoms with Gasteiger partial charge >= 0.3 is 0 Å². The van der Waals surface area contributed by atoms with Gasteiger partial charge in [-0.05, 0) is 52.9 Å². The molecule has 1 aromatic rings. The predicted octanol–water partition coefficient (Wildman–Crippen LogP) is 2.92. The minimum Gasteiger partial charge on any atom is -0.389 e. The number of rotatable bonds is 7. The summed E-state index contributed by atoms with van der Waals surface area (Å²) >= 11 is 8.43. The van der Waals surface area contributed by atoms with Crippen LogP contribution >= 0.6 is 28.1 Å². The molecule has 0 saturated heterocycles. The maximum Gasteiger partial charge on any atom is 0.104 e.